The average Bonchev–Trinajstić information content (AvgIpc) is 3.43. The Kier molecular flexibility index (Phi) is 4.56. The number of benzene rings is 1. The lowest BCUT2D eigenvalue weighted by atomic mass is 9.99. The maximum atomic E-state index is 8.96. The Hall–Kier alpha value is -2.16. The number of ether oxygens (including phenoxy) is 1. The molecule has 5 nitrogen and oxygen atoms in total. The third-order valence-electron chi connectivity index (χ3n) is 5.24. The lowest BCUT2D eigenvalue weighted by Gasteiger charge is -2.30. The summed E-state index contributed by atoms with van der Waals surface area (Å²) in [6.07, 6.45) is 7.41. The first kappa shape index (κ1) is 16.3. The molecule has 1 saturated heterocycles. The van der Waals surface area contributed by atoms with Gasteiger partial charge in [-0.3, -0.25) is 4.68 Å². The second-order valence-electron chi connectivity index (χ2n) is 7.21. The highest BCUT2D eigenvalue weighted by atomic mass is 16.5. The number of nitriles is 1. The van der Waals surface area contributed by atoms with Crippen LogP contribution in [0.5, 0.6) is 0 Å². The zero-order valence-corrected chi connectivity index (χ0v) is 14.6. The van der Waals surface area contributed by atoms with Crippen molar-refractivity contribution in [3.05, 3.63) is 41.6 Å². The quantitative estimate of drug-likeness (QED) is 0.912. The average molecular weight is 336 g/mol. The second-order valence-corrected chi connectivity index (χ2v) is 7.21. The summed E-state index contributed by atoms with van der Waals surface area (Å²) < 4.78 is 7.78. The summed E-state index contributed by atoms with van der Waals surface area (Å²) in [6, 6.07) is 10.3. The van der Waals surface area contributed by atoms with Gasteiger partial charge < -0.3 is 10.1 Å². The molecule has 0 bridgehead atoms. The molecule has 0 radical (unpaired) electrons. The molecule has 1 aromatic heterocycles. The summed E-state index contributed by atoms with van der Waals surface area (Å²) >= 11 is 0. The molecule has 2 aliphatic rings. The third kappa shape index (κ3) is 3.76. The lowest BCUT2D eigenvalue weighted by molar-refractivity contribution is -0.0113. The third-order valence-corrected chi connectivity index (χ3v) is 5.24. The Morgan fingerprint density at radius 2 is 2.08 bits per heavy atom. The van der Waals surface area contributed by atoms with Gasteiger partial charge in [-0.25, -0.2) is 0 Å². The standard InChI is InChI=1S/C20H24N4O/c1-24-13-17(20(23-24)16-4-2-14(11-21)3-5-16)12-22-18-8-9-25-19(10-18)15-6-7-15/h2-5,13,15,18-19,22H,6-10,12H2,1H3/t18-,19+/m0/s1. The minimum absolute atomic E-state index is 0.457. The van der Waals surface area contributed by atoms with Crippen molar-refractivity contribution < 1.29 is 4.74 Å². The molecule has 1 aromatic carbocycles. The van der Waals surface area contributed by atoms with E-state index in [9.17, 15) is 0 Å². The van der Waals surface area contributed by atoms with Crippen LogP contribution in [0.3, 0.4) is 0 Å². The fourth-order valence-corrected chi connectivity index (χ4v) is 3.68. The molecule has 1 aliphatic carbocycles. The molecular formula is C20H24N4O. The van der Waals surface area contributed by atoms with E-state index in [1.165, 1.54) is 18.4 Å². The van der Waals surface area contributed by atoms with Gasteiger partial charge in [-0.2, -0.15) is 10.4 Å². The van der Waals surface area contributed by atoms with Crippen molar-refractivity contribution in [2.75, 3.05) is 6.61 Å². The Morgan fingerprint density at radius 1 is 1.28 bits per heavy atom. The fraction of sp³-hybridized carbons (Fsp3) is 0.500. The molecule has 1 aliphatic heterocycles. The van der Waals surface area contributed by atoms with Crippen molar-refractivity contribution in [2.24, 2.45) is 13.0 Å². The molecule has 0 spiro atoms. The molecule has 4 rings (SSSR count). The second kappa shape index (κ2) is 6.99. The topological polar surface area (TPSA) is 62.9 Å². The summed E-state index contributed by atoms with van der Waals surface area (Å²) in [7, 11) is 1.95. The molecule has 1 saturated carbocycles. The summed E-state index contributed by atoms with van der Waals surface area (Å²) in [6.45, 7) is 1.68. The zero-order chi connectivity index (χ0) is 17.2. The number of aromatic nitrogens is 2. The maximum Gasteiger partial charge on any atom is 0.0991 e. The predicted molar refractivity (Wildman–Crippen MR) is 95.7 cm³/mol. The number of nitrogens with one attached hydrogen (secondary N) is 1. The number of rotatable bonds is 5. The number of hydrogen-bond acceptors (Lipinski definition) is 4. The molecule has 25 heavy (non-hydrogen) atoms. The Bertz CT molecular complexity index is 770. The number of aryl methyl sites for hydroxylation is 1. The van der Waals surface area contributed by atoms with E-state index in [0.717, 1.165) is 43.2 Å². The monoisotopic (exact) mass is 336 g/mol. The van der Waals surface area contributed by atoms with Crippen molar-refractivity contribution in [3.63, 3.8) is 0 Å². The van der Waals surface area contributed by atoms with Gasteiger partial charge in [0.2, 0.25) is 0 Å². The Balaban J connectivity index is 1.44. The van der Waals surface area contributed by atoms with Crippen LogP contribution in [0.1, 0.15) is 36.8 Å². The molecule has 2 fully saturated rings. The Morgan fingerprint density at radius 3 is 2.80 bits per heavy atom. The van der Waals surface area contributed by atoms with Gasteiger partial charge in [0.05, 0.1) is 23.4 Å². The van der Waals surface area contributed by atoms with Crippen LogP contribution in [0.4, 0.5) is 0 Å². The minimum Gasteiger partial charge on any atom is -0.378 e. The van der Waals surface area contributed by atoms with E-state index >= 15 is 0 Å². The van der Waals surface area contributed by atoms with E-state index < -0.39 is 0 Å². The maximum absolute atomic E-state index is 8.96. The largest absolute Gasteiger partial charge is 0.378 e. The first-order valence-corrected chi connectivity index (χ1v) is 9.11. The molecule has 2 atom stereocenters. The van der Waals surface area contributed by atoms with E-state index in [1.54, 1.807) is 0 Å². The number of hydrogen-bond donors (Lipinski definition) is 1. The van der Waals surface area contributed by atoms with Crippen molar-refractivity contribution in [3.8, 4) is 17.3 Å². The first-order valence-electron chi connectivity index (χ1n) is 9.11. The normalized spacial score (nSPS) is 23.4. The van der Waals surface area contributed by atoms with Crippen LogP contribution in [0.2, 0.25) is 0 Å². The molecule has 2 heterocycles. The molecule has 5 heteroatoms. The van der Waals surface area contributed by atoms with Gasteiger partial charge in [-0.15, -0.1) is 0 Å². The first-order chi connectivity index (χ1) is 12.2. The van der Waals surface area contributed by atoms with E-state index in [4.69, 9.17) is 10.00 Å². The van der Waals surface area contributed by atoms with E-state index in [0.29, 0.717) is 17.7 Å². The van der Waals surface area contributed by atoms with Crippen LogP contribution in [0.15, 0.2) is 30.5 Å². The molecule has 1 N–H and O–H groups in total. The summed E-state index contributed by atoms with van der Waals surface area (Å²) in [5.41, 5.74) is 3.92. The van der Waals surface area contributed by atoms with Crippen molar-refractivity contribution >= 4 is 0 Å². The molecule has 130 valence electrons. The van der Waals surface area contributed by atoms with Crippen LogP contribution >= 0.6 is 0 Å². The van der Waals surface area contributed by atoms with E-state index in [2.05, 4.69) is 22.7 Å². The van der Waals surface area contributed by atoms with Crippen LogP contribution in [-0.4, -0.2) is 28.5 Å². The predicted octanol–water partition coefficient (Wildman–Crippen LogP) is 3.01. The van der Waals surface area contributed by atoms with Crippen LogP contribution in [-0.2, 0) is 18.3 Å². The van der Waals surface area contributed by atoms with Crippen molar-refractivity contribution in [1.82, 2.24) is 15.1 Å². The highest BCUT2D eigenvalue weighted by Gasteiger charge is 2.35. The van der Waals surface area contributed by atoms with Crippen LogP contribution < -0.4 is 5.32 Å². The summed E-state index contributed by atoms with van der Waals surface area (Å²) in [4.78, 5) is 0. The Labute approximate surface area is 148 Å². The zero-order valence-electron chi connectivity index (χ0n) is 14.6. The van der Waals surface area contributed by atoms with Gasteiger partial charge in [-0.1, -0.05) is 12.1 Å². The van der Waals surface area contributed by atoms with Gasteiger partial charge in [0.15, 0.2) is 0 Å². The van der Waals surface area contributed by atoms with Crippen LogP contribution in [0.25, 0.3) is 11.3 Å². The molecule has 2 aromatic rings. The van der Waals surface area contributed by atoms with Gasteiger partial charge in [-0.05, 0) is 43.7 Å². The van der Waals surface area contributed by atoms with E-state index in [1.807, 2.05) is 36.0 Å². The summed E-state index contributed by atoms with van der Waals surface area (Å²) in [5.74, 6) is 0.803. The minimum atomic E-state index is 0.457. The van der Waals surface area contributed by atoms with Crippen molar-refractivity contribution in [1.29, 1.82) is 5.26 Å². The highest BCUT2D eigenvalue weighted by molar-refractivity contribution is 5.63. The van der Waals surface area contributed by atoms with Crippen LogP contribution in [0, 0.1) is 17.2 Å². The smallest absolute Gasteiger partial charge is 0.0991 e. The lowest BCUT2D eigenvalue weighted by Crippen LogP contribution is -2.39. The number of nitrogens with zero attached hydrogens (tertiary/aromatic N) is 3. The van der Waals surface area contributed by atoms with Gasteiger partial charge in [0.1, 0.15) is 0 Å². The fourth-order valence-electron chi connectivity index (χ4n) is 3.68. The van der Waals surface area contributed by atoms with Gasteiger partial charge in [0, 0.05) is 43.6 Å². The van der Waals surface area contributed by atoms with E-state index in [-0.39, 0.29) is 0 Å². The molecule has 0 unspecified atom stereocenters. The summed E-state index contributed by atoms with van der Waals surface area (Å²) in [5, 5.41) is 17.3. The molecule has 0 amide bonds. The SMILES string of the molecule is Cn1cc(CN[C@H]2CCO[C@@H](C3CC3)C2)c(-c2ccc(C#N)cc2)n1. The highest BCUT2D eigenvalue weighted by Crippen LogP contribution is 2.38. The van der Waals surface area contributed by atoms with Gasteiger partial charge >= 0.3 is 0 Å². The van der Waals surface area contributed by atoms with Gasteiger partial charge in [0.25, 0.3) is 0 Å². The van der Waals surface area contributed by atoms with Crippen molar-refractivity contribution in [2.45, 2.75) is 44.4 Å². The molecular weight excluding hydrogens is 312 g/mol.